The molecule has 1 amide bonds. The van der Waals surface area contributed by atoms with E-state index in [4.69, 9.17) is 0 Å². The fourth-order valence-corrected chi connectivity index (χ4v) is 1.65. The van der Waals surface area contributed by atoms with Gasteiger partial charge in [0.25, 0.3) is 5.91 Å². The van der Waals surface area contributed by atoms with E-state index in [9.17, 15) is 9.90 Å². The van der Waals surface area contributed by atoms with Gasteiger partial charge in [0.2, 0.25) is 0 Å². The van der Waals surface area contributed by atoms with Crippen molar-refractivity contribution in [1.29, 1.82) is 0 Å². The third-order valence-electron chi connectivity index (χ3n) is 1.75. The molecule has 1 rings (SSSR count). The zero-order chi connectivity index (χ0) is 10.8. The topological polar surface area (TPSA) is 53.4 Å². The van der Waals surface area contributed by atoms with Crippen LogP contribution < -0.4 is 0 Å². The normalized spacial score (nSPS) is 11.4. The highest BCUT2D eigenvalue weighted by molar-refractivity contribution is 7.07. The number of carbonyl (C=O) groups excluding carboxylic acids is 1. The SMILES string of the molecule is CN(Cc1cscn1)C(=O)C(C)(C)O. The minimum Gasteiger partial charge on any atom is -0.381 e. The van der Waals surface area contributed by atoms with Gasteiger partial charge in [-0.2, -0.15) is 0 Å². The van der Waals surface area contributed by atoms with Gasteiger partial charge >= 0.3 is 0 Å². The Kier molecular flexibility index (Phi) is 3.23. The molecule has 0 bridgehead atoms. The first-order valence-corrected chi connectivity index (χ1v) is 5.20. The van der Waals surface area contributed by atoms with Gasteiger partial charge in [0.1, 0.15) is 5.60 Å². The lowest BCUT2D eigenvalue weighted by molar-refractivity contribution is -0.147. The molecule has 0 aliphatic heterocycles. The molecule has 0 aliphatic carbocycles. The molecule has 1 aromatic rings. The van der Waals surface area contributed by atoms with Gasteiger partial charge in [-0.05, 0) is 13.8 Å². The molecule has 0 aliphatic rings. The molecule has 0 unspecified atom stereocenters. The summed E-state index contributed by atoms with van der Waals surface area (Å²) in [5.74, 6) is -0.300. The molecule has 1 N–H and O–H groups in total. The maximum atomic E-state index is 11.5. The highest BCUT2D eigenvalue weighted by Crippen LogP contribution is 2.10. The van der Waals surface area contributed by atoms with Crippen molar-refractivity contribution in [3.05, 3.63) is 16.6 Å². The maximum Gasteiger partial charge on any atom is 0.254 e. The Morgan fingerprint density at radius 3 is 2.79 bits per heavy atom. The van der Waals surface area contributed by atoms with E-state index >= 15 is 0 Å². The molecular formula is C9H14N2O2S. The summed E-state index contributed by atoms with van der Waals surface area (Å²) in [7, 11) is 1.65. The van der Waals surface area contributed by atoms with Gasteiger partial charge in [0.15, 0.2) is 0 Å². The summed E-state index contributed by atoms with van der Waals surface area (Å²) < 4.78 is 0. The first kappa shape index (κ1) is 11.1. The lowest BCUT2D eigenvalue weighted by Crippen LogP contribution is -2.42. The molecule has 78 valence electrons. The van der Waals surface area contributed by atoms with Crippen LogP contribution in [0.3, 0.4) is 0 Å². The van der Waals surface area contributed by atoms with Crippen LogP contribution in [0, 0.1) is 0 Å². The fraction of sp³-hybridized carbons (Fsp3) is 0.556. The minimum atomic E-state index is -1.31. The van der Waals surface area contributed by atoms with Crippen molar-refractivity contribution in [3.63, 3.8) is 0 Å². The smallest absolute Gasteiger partial charge is 0.254 e. The van der Waals surface area contributed by atoms with Gasteiger partial charge in [0, 0.05) is 12.4 Å². The number of amides is 1. The van der Waals surface area contributed by atoms with E-state index in [0.29, 0.717) is 6.54 Å². The average Bonchev–Trinajstić information content (AvgIpc) is 2.53. The molecule has 0 aromatic carbocycles. The van der Waals surface area contributed by atoms with Gasteiger partial charge in [-0.3, -0.25) is 4.79 Å². The lowest BCUT2D eigenvalue weighted by Gasteiger charge is -2.24. The van der Waals surface area contributed by atoms with Crippen molar-refractivity contribution < 1.29 is 9.90 Å². The number of likely N-dealkylation sites (N-methyl/N-ethyl adjacent to an activating group) is 1. The van der Waals surface area contributed by atoms with Gasteiger partial charge in [-0.25, -0.2) is 4.98 Å². The number of hydrogen-bond acceptors (Lipinski definition) is 4. The number of rotatable bonds is 3. The van der Waals surface area contributed by atoms with Crippen LogP contribution in [0.4, 0.5) is 0 Å². The molecule has 1 heterocycles. The first-order chi connectivity index (χ1) is 6.41. The molecule has 0 atom stereocenters. The van der Waals surface area contributed by atoms with Crippen molar-refractivity contribution in [3.8, 4) is 0 Å². The second-order valence-electron chi connectivity index (χ2n) is 3.70. The third kappa shape index (κ3) is 2.78. The van der Waals surface area contributed by atoms with Crippen LogP contribution in [0.2, 0.25) is 0 Å². The van der Waals surface area contributed by atoms with Crippen molar-refractivity contribution >= 4 is 17.2 Å². The van der Waals surface area contributed by atoms with E-state index in [1.165, 1.54) is 30.1 Å². The molecule has 1 aromatic heterocycles. The predicted molar refractivity (Wildman–Crippen MR) is 54.9 cm³/mol. The Hall–Kier alpha value is -0.940. The maximum absolute atomic E-state index is 11.5. The van der Waals surface area contributed by atoms with Crippen LogP contribution in [0.25, 0.3) is 0 Å². The van der Waals surface area contributed by atoms with E-state index < -0.39 is 5.60 Å². The zero-order valence-corrected chi connectivity index (χ0v) is 9.34. The Labute approximate surface area is 87.2 Å². The van der Waals surface area contributed by atoms with Crippen LogP contribution in [-0.2, 0) is 11.3 Å². The van der Waals surface area contributed by atoms with Crippen molar-refractivity contribution in [1.82, 2.24) is 9.88 Å². The molecule has 4 nitrogen and oxygen atoms in total. The Balaban J connectivity index is 2.59. The molecule has 14 heavy (non-hydrogen) atoms. The number of aliphatic hydroxyl groups is 1. The highest BCUT2D eigenvalue weighted by Gasteiger charge is 2.27. The molecule has 0 radical (unpaired) electrons. The highest BCUT2D eigenvalue weighted by atomic mass is 32.1. The standard InChI is InChI=1S/C9H14N2O2S/c1-9(2,13)8(12)11(3)4-7-5-14-6-10-7/h5-6,13H,4H2,1-3H3. The van der Waals surface area contributed by atoms with Crippen LogP contribution >= 0.6 is 11.3 Å². The monoisotopic (exact) mass is 214 g/mol. The second-order valence-corrected chi connectivity index (χ2v) is 4.42. The largest absolute Gasteiger partial charge is 0.381 e. The van der Waals surface area contributed by atoms with Crippen LogP contribution in [0.15, 0.2) is 10.9 Å². The quantitative estimate of drug-likeness (QED) is 0.812. The summed E-state index contributed by atoms with van der Waals surface area (Å²) in [6.45, 7) is 3.39. The van der Waals surface area contributed by atoms with Gasteiger partial charge < -0.3 is 10.0 Å². The molecular weight excluding hydrogens is 200 g/mol. The van der Waals surface area contributed by atoms with Crippen LogP contribution in [0.5, 0.6) is 0 Å². The molecule has 0 spiro atoms. The van der Waals surface area contributed by atoms with Gasteiger partial charge in [-0.15, -0.1) is 11.3 Å². The van der Waals surface area contributed by atoms with Gasteiger partial charge in [0.05, 0.1) is 17.7 Å². The van der Waals surface area contributed by atoms with E-state index in [0.717, 1.165) is 5.69 Å². The van der Waals surface area contributed by atoms with E-state index in [1.807, 2.05) is 5.38 Å². The van der Waals surface area contributed by atoms with E-state index in [1.54, 1.807) is 12.6 Å². The Morgan fingerprint density at radius 2 is 2.36 bits per heavy atom. The number of aromatic nitrogens is 1. The van der Waals surface area contributed by atoms with Crippen LogP contribution in [0.1, 0.15) is 19.5 Å². The first-order valence-electron chi connectivity index (χ1n) is 4.26. The molecule has 0 fully saturated rings. The number of carbonyl (C=O) groups is 1. The predicted octanol–water partition coefficient (Wildman–Crippen LogP) is 0.872. The minimum absolute atomic E-state index is 0.300. The van der Waals surface area contributed by atoms with Crippen molar-refractivity contribution in [2.75, 3.05) is 7.05 Å². The summed E-state index contributed by atoms with van der Waals surface area (Å²) >= 11 is 1.49. The van der Waals surface area contributed by atoms with Gasteiger partial charge in [-0.1, -0.05) is 0 Å². The Morgan fingerprint density at radius 1 is 1.71 bits per heavy atom. The summed E-state index contributed by atoms with van der Waals surface area (Å²) in [6.07, 6.45) is 0. The summed E-state index contributed by atoms with van der Waals surface area (Å²) in [5, 5.41) is 11.4. The van der Waals surface area contributed by atoms with Crippen molar-refractivity contribution in [2.45, 2.75) is 26.0 Å². The van der Waals surface area contributed by atoms with Crippen LogP contribution in [-0.4, -0.2) is 33.5 Å². The third-order valence-corrected chi connectivity index (χ3v) is 2.39. The summed E-state index contributed by atoms with van der Waals surface area (Å²) in [6, 6.07) is 0. The molecule has 5 heteroatoms. The second kappa shape index (κ2) is 4.06. The average molecular weight is 214 g/mol. The number of hydrogen-bond donors (Lipinski definition) is 1. The zero-order valence-electron chi connectivity index (χ0n) is 8.52. The van der Waals surface area contributed by atoms with Crippen molar-refractivity contribution in [2.24, 2.45) is 0 Å². The fourth-order valence-electron chi connectivity index (χ4n) is 1.10. The molecule has 0 saturated carbocycles. The number of thiazole rings is 1. The lowest BCUT2D eigenvalue weighted by atomic mass is 10.1. The summed E-state index contributed by atoms with van der Waals surface area (Å²) in [4.78, 5) is 17.1. The molecule has 0 saturated heterocycles. The Bertz CT molecular complexity index is 303. The van der Waals surface area contributed by atoms with E-state index in [2.05, 4.69) is 4.98 Å². The van der Waals surface area contributed by atoms with E-state index in [-0.39, 0.29) is 5.91 Å². The summed E-state index contributed by atoms with van der Waals surface area (Å²) in [5.41, 5.74) is 1.25. The number of nitrogens with zero attached hydrogens (tertiary/aromatic N) is 2.